The second-order valence-electron chi connectivity index (χ2n) is 4.47. The second-order valence-corrected chi connectivity index (χ2v) is 4.47. The third kappa shape index (κ3) is 2.00. The summed E-state index contributed by atoms with van der Waals surface area (Å²) in [7, 11) is 0. The molecule has 0 bridgehead atoms. The largest absolute Gasteiger partial charge is 0.396 e. The van der Waals surface area contributed by atoms with Crippen molar-refractivity contribution >= 4 is 5.69 Å². The van der Waals surface area contributed by atoms with Gasteiger partial charge in [-0.05, 0) is 55.4 Å². The van der Waals surface area contributed by atoms with Gasteiger partial charge in [-0.3, -0.25) is 0 Å². The molecule has 0 aliphatic carbocycles. The molecular formula is C13H19NO. The van der Waals surface area contributed by atoms with E-state index in [4.69, 9.17) is 5.11 Å². The fourth-order valence-corrected chi connectivity index (χ4v) is 2.64. The van der Waals surface area contributed by atoms with Crippen LogP contribution in [0.4, 0.5) is 5.69 Å². The van der Waals surface area contributed by atoms with Crippen molar-refractivity contribution in [1.29, 1.82) is 0 Å². The van der Waals surface area contributed by atoms with E-state index in [1.807, 2.05) is 0 Å². The van der Waals surface area contributed by atoms with Crippen molar-refractivity contribution in [3.8, 4) is 0 Å². The van der Waals surface area contributed by atoms with Gasteiger partial charge in [0.2, 0.25) is 0 Å². The first-order valence-electron chi connectivity index (χ1n) is 5.68. The van der Waals surface area contributed by atoms with Crippen molar-refractivity contribution in [1.82, 2.24) is 0 Å². The molecule has 1 heterocycles. The van der Waals surface area contributed by atoms with Gasteiger partial charge in [-0.1, -0.05) is 6.07 Å². The zero-order valence-corrected chi connectivity index (χ0v) is 9.51. The Hall–Kier alpha value is -1.02. The Morgan fingerprint density at radius 1 is 1.40 bits per heavy atom. The first-order chi connectivity index (χ1) is 7.22. The van der Waals surface area contributed by atoms with Crippen LogP contribution in [0.15, 0.2) is 12.1 Å². The van der Waals surface area contributed by atoms with Crippen LogP contribution < -0.4 is 5.32 Å². The van der Waals surface area contributed by atoms with Crippen molar-refractivity contribution in [2.24, 2.45) is 0 Å². The van der Waals surface area contributed by atoms with Crippen LogP contribution in [0.1, 0.15) is 35.4 Å². The molecule has 0 amide bonds. The van der Waals surface area contributed by atoms with Crippen molar-refractivity contribution in [2.45, 2.75) is 32.6 Å². The van der Waals surface area contributed by atoms with Gasteiger partial charge in [0.15, 0.2) is 0 Å². The zero-order valence-electron chi connectivity index (χ0n) is 9.51. The van der Waals surface area contributed by atoms with Crippen LogP contribution in [0, 0.1) is 13.8 Å². The number of anilines is 1. The van der Waals surface area contributed by atoms with Crippen molar-refractivity contribution < 1.29 is 5.11 Å². The summed E-state index contributed by atoms with van der Waals surface area (Å²) >= 11 is 0. The monoisotopic (exact) mass is 205 g/mol. The van der Waals surface area contributed by atoms with Crippen LogP contribution in [0.5, 0.6) is 0 Å². The number of aryl methyl sites for hydroxylation is 2. The van der Waals surface area contributed by atoms with Gasteiger partial charge in [0.1, 0.15) is 0 Å². The third-order valence-corrected chi connectivity index (χ3v) is 3.23. The smallest absolute Gasteiger partial charge is 0.0436 e. The van der Waals surface area contributed by atoms with E-state index < -0.39 is 0 Å². The van der Waals surface area contributed by atoms with Gasteiger partial charge < -0.3 is 10.4 Å². The zero-order chi connectivity index (χ0) is 10.8. The molecule has 1 aliphatic heterocycles. The molecule has 2 heteroatoms. The van der Waals surface area contributed by atoms with Crippen LogP contribution >= 0.6 is 0 Å². The van der Waals surface area contributed by atoms with Gasteiger partial charge in [0.05, 0.1) is 0 Å². The van der Waals surface area contributed by atoms with E-state index in [1.165, 1.54) is 22.4 Å². The van der Waals surface area contributed by atoms with Gasteiger partial charge in [0, 0.05) is 18.8 Å². The summed E-state index contributed by atoms with van der Waals surface area (Å²) in [6.45, 7) is 5.62. The van der Waals surface area contributed by atoms with E-state index in [1.54, 1.807) is 0 Å². The van der Waals surface area contributed by atoms with E-state index >= 15 is 0 Å². The molecular weight excluding hydrogens is 186 g/mol. The fraction of sp³-hybridized carbons (Fsp3) is 0.538. The Labute approximate surface area is 91.3 Å². The predicted octanol–water partition coefficient (Wildman–Crippen LogP) is 2.59. The van der Waals surface area contributed by atoms with E-state index in [0.717, 1.165) is 19.4 Å². The molecule has 1 unspecified atom stereocenters. The maximum absolute atomic E-state index is 9.07. The molecule has 0 radical (unpaired) electrons. The Bertz CT molecular complexity index is 360. The van der Waals surface area contributed by atoms with Gasteiger partial charge >= 0.3 is 0 Å². The number of hydrogen-bond acceptors (Lipinski definition) is 2. The minimum absolute atomic E-state index is 0.289. The number of rotatable bonds is 2. The number of aliphatic hydroxyl groups excluding tert-OH is 1. The first kappa shape index (κ1) is 10.5. The highest BCUT2D eigenvalue weighted by atomic mass is 16.3. The number of fused-ring (bicyclic) bond motifs is 1. The predicted molar refractivity (Wildman–Crippen MR) is 63.5 cm³/mol. The Kier molecular flexibility index (Phi) is 2.96. The highest BCUT2D eigenvalue weighted by Crippen LogP contribution is 2.36. The van der Waals surface area contributed by atoms with E-state index in [9.17, 15) is 0 Å². The summed E-state index contributed by atoms with van der Waals surface area (Å²) < 4.78 is 0. The SMILES string of the molecule is Cc1cc(C)c2c(c1)NCCC2CCO. The molecule has 1 atom stereocenters. The molecule has 0 saturated heterocycles. The van der Waals surface area contributed by atoms with Crippen LogP contribution in [0.25, 0.3) is 0 Å². The third-order valence-electron chi connectivity index (χ3n) is 3.23. The van der Waals surface area contributed by atoms with E-state index in [-0.39, 0.29) is 6.61 Å². The maximum Gasteiger partial charge on any atom is 0.0436 e. The molecule has 1 aromatic carbocycles. The summed E-state index contributed by atoms with van der Waals surface area (Å²) in [5.74, 6) is 0.534. The van der Waals surface area contributed by atoms with Crippen LogP contribution in [-0.4, -0.2) is 18.3 Å². The number of benzene rings is 1. The molecule has 1 aliphatic rings. The minimum atomic E-state index is 0.289. The fourth-order valence-electron chi connectivity index (χ4n) is 2.64. The number of hydrogen-bond donors (Lipinski definition) is 2. The Morgan fingerprint density at radius 3 is 2.93 bits per heavy atom. The summed E-state index contributed by atoms with van der Waals surface area (Å²) in [6.07, 6.45) is 2.02. The van der Waals surface area contributed by atoms with E-state index in [2.05, 4.69) is 31.3 Å². The summed E-state index contributed by atoms with van der Waals surface area (Å²) in [5, 5.41) is 12.5. The topological polar surface area (TPSA) is 32.3 Å². The number of aliphatic hydroxyl groups is 1. The van der Waals surface area contributed by atoms with Crippen LogP contribution in [0.2, 0.25) is 0 Å². The van der Waals surface area contributed by atoms with Gasteiger partial charge in [-0.25, -0.2) is 0 Å². The lowest BCUT2D eigenvalue weighted by molar-refractivity contribution is 0.272. The second kappa shape index (κ2) is 4.23. The lowest BCUT2D eigenvalue weighted by atomic mass is 9.85. The summed E-state index contributed by atoms with van der Waals surface area (Å²) in [6, 6.07) is 4.45. The lowest BCUT2D eigenvalue weighted by Gasteiger charge is -2.28. The van der Waals surface area contributed by atoms with Crippen LogP contribution in [-0.2, 0) is 0 Å². The highest BCUT2D eigenvalue weighted by Gasteiger charge is 2.21. The molecule has 82 valence electrons. The molecule has 0 aromatic heterocycles. The highest BCUT2D eigenvalue weighted by molar-refractivity contribution is 5.59. The minimum Gasteiger partial charge on any atom is -0.396 e. The molecule has 0 saturated carbocycles. The van der Waals surface area contributed by atoms with E-state index in [0.29, 0.717) is 5.92 Å². The number of nitrogens with one attached hydrogen (secondary N) is 1. The van der Waals surface area contributed by atoms with Gasteiger partial charge in [0.25, 0.3) is 0 Å². The average molecular weight is 205 g/mol. The molecule has 2 N–H and O–H groups in total. The average Bonchev–Trinajstić information content (AvgIpc) is 2.17. The van der Waals surface area contributed by atoms with Crippen molar-refractivity contribution in [3.63, 3.8) is 0 Å². The van der Waals surface area contributed by atoms with Crippen LogP contribution in [0.3, 0.4) is 0 Å². The molecule has 1 aromatic rings. The summed E-state index contributed by atoms with van der Waals surface area (Å²) in [4.78, 5) is 0. The van der Waals surface area contributed by atoms with Crippen molar-refractivity contribution in [3.05, 3.63) is 28.8 Å². The molecule has 0 spiro atoms. The first-order valence-corrected chi connectivity index (χ1v) is 5.68. The summed E-state index contributed by atoms with van der Waals surface area (Å²) in [5.41, 5.74) is 5.36. The van der Waals surface area contributed by atoms with Gasteiger partial charge in [-0.15, -0.1) is 0 Å². The molecule has 2 rings (SSSR count). The molecule has 15 heavy (non-hydrogen) atoms. The maximum atomic E-state index is 9.07. The molecule has 0 fully saturated rings. The standard InChI is InChI=1S/C13H19NO/c1-9-7-10(2)13-11(4-6-15)3-5-14-12(13)8-9/h7-8,11,14-15H,3-6H2,1-2H3. The lowest BCUT2D eigenvalue weighted by Crippen LogP contribution is -2.19. The quantitative estimate of drug-likeness (QED) is 0.777. The Morgan fingerprint density at radius 2 is 2.20 bits per heavy atom. The normalized spacial score (nSPS) is 19.5. The van der Waals surface area contributed by atoms with Crippen molar-refractivity contribution in [2.75, 3.05) is 18.5 Å². The Balaban J connectivity index is 2.41. The van der Waals surface area contributed by atoms with Gasteiger partial charge in [-0.2, -0.15) is 0 Å². The molecule has 2 nitrogen and oxygen atoms in total.